The number of nitrogens with two attached hydrogens (primary N) is 1. The number of nitrogen functional groups attached to an aromatic ring is 1. The highest BCUT2D eigenvalue weighted by molar-refractivity contribution is 5.92. The molecule has 0 aromatic carbocycles. The molecule has 0 radical (unpaired) electrons. The smallest absolute Gasteiger partial charge is 0.274 e. The Balaban J connectivity index is 2.83. The van der Waals surface area contributed by atoms with Gasteiger partial charge in [-0.15, -0.1) is 10.2 Å². The van der Waals surface area contributed by atoms with Gasteiger partial charge in [0, 0.05) is 13.1 Å². The first kappa shape index (κ1) is 10.4. The van der Waals surface area contributed by atoms with Gasteiger partial charge in [-0.3, -0.25) is 4.79 Å². The zero-order valence-electron chi connectivity index (χ0n) is 8.40. The molecule has 0 aliphatic rings. The molecule has 1 aromatic rings. The molecule has 1 rings (SSSR count). The highest BCUT2D eigenvalue weighted by Gasteiger charge is 2.13. The van der Waals surface area contributed by atoms with Crippen LogP contribution in [-0.2, 0) is 0 Å². The summed E-state index contributed by atoms with van der Waals surface area (Å²) in [5.74, 6) is 0.212. The molecule has 76 valence electrons. The fraction of sp³-hybridized carbons (Fsp3) is 0.444. The summed E-state index contributed by atoms with van der Waals surface area (Å²) in [6, 6.07) is 3.16. The molecule has 1 amide bonds. The van der Waals surface area contributed by atoms with Crippen LogP contribution < -0.4 is 5.73 Å². The van der Waals surface area contributed by atoms with Gasteiger partial charge in [-0.25, -0.2) is 0 Å². The van der Waals surface area contributed by atoms with Gasteiger partial charge < -0.3 is 10.6 Å². The van der Waals surface area contributed by atoms with Gasteiger partial charge in [-0.1, -0.05) is 0 Å². The van der Waals surface area contributed by atoms with E-state index >= 15 is 0 Å². The highest BCUT2D eigenvalue weighted by atomic mass is 16.2. The zero-order chi connectivity index (χ0) is 10.6. The predicted molar refractivity (Wildman–Crippen MR) is 53.7 cm³/mol. The maximum atomic E-state index is 11.7. The molecule has 0 saturated heterocycles. The number of nitrogens with zero attached hydrogens (tertiary/aromatic N) is 3. The first-order chi connectivity index (χ1) is 6.69. The summed E-state index contributed by atoms with van der Waals surface area (Å²) in [6.45, 7) is 5.18. The van der Waals surface area contributed by atoms with Gasteiger partial charge >= 0.3 is 0 Å². The molecule has 0 aliphatic heterocycles. The molecule has 0 unspecified atom stereocenters. The third-order valence-corrected chi connectivity index (χ3v) is 1.95. The van der Waals surface area contributed by atoms with Crippen LogP contribution in [-0.4, -0.2) is 34.1 Å². The Labute approximate surface area is 82.9 Å². The molecule has 2 N–H and O–H groups in total. The minimum atomic E-state index is -0.109. The molecule has 0 saturated carbocycles. The Morgan fingerprint density at radius 2 is 2.00 bits per heavy atom. The van der Waals surface area contributed by atoms with E-state index < -0.39 is 0 Å². The van der Waals surface area contributed by atoms with E-state index in [2.05, 4.69) is 10.2 Å². The Bertz CT molecular complexity index is 305. The monoisotopic (exact) mass is 194 g/mol. The van der Waals surface area contributed by atoms with Gasteiger partial charge in [0.05, 0.1) is 0 Å². The molecular weight excluding hydrogens is 180 g/mol. The van der Waals surface area contributed by atoms with Crippen molar-refractivity contribution in [2.24, 2.45) is 0 Å². The van der Waals surface area contributed by atoms with Gasteiger partial charge in [0.15, 0.2) is 5.69 Å². The van der Waals surface area contributed by atoms with E-state index in [-0.39, 0.29) is 5.91 Å². The Morgan fingerprint density at radius 1 is 1.36 bits per heavy atom. The van der Waals surface area contributed by atoms with E-state index in [0.29, 0.717) is 24.6 Å². The van der Waals surface area contributed by atoms with Crippen LogP contribution in [0.1, 0.15) is 24.3 Å². The summed E-state index contributed by atoms with van der Waals surface area (Å²) < 4.78 is 0. The third kappa shape index (κ3) is 2.18. The number of rotatable bonds is 3. The van der Waals surface area contributed by atoms with Crippen molar-refractivity contribution >= 4 is 11.7 Å². The quantitative estimate of drug-likeness (QED) is 0.762. The van der Waals surface area contributed by atoms with Crippen molar-refractivity contribution < 1.29 is 4.79 Å². The standard InChI is InChI=1S/C9H14N4O/c1-3-13(4-2)9(14)7-5-6-8(10)12-11-7/h5-6H,3-4H2,1-2H3,(H2,10,12). The average molecular weight is 194 g/mol. The van der Waals surface area contributed by atoms with E-state index in [1.807, 2.05) is 13.8 Å². The molecule has 0 aliphatic carbocycles. The first-order valence-corrected chi connectivity index (χ1v) is 4.57. The number of hydrogen-bond acceptors (Lipinski definition) is 4. The summed E-state index contributed by atoms with van der Waals surface area (Å²) in [5.41, 5.74) is 5.71. The van der Waals surface area contributed by atoms with Gasteiger partial charge in [0.25, 0.3) is 5.91 Å². The maximum absolute atomic E-state index is 11.7. The number of amides is 1. The van der Waals surface area contributed by atoms with Gasteiger partial charge in [-0.2, -0.15) is 0 Å². The van der Waals surface area contributed by atoms with Gasteiger partial charge in [0.2, 0.25) is 0 Å². The topological polar surface area (TPSA) is 72.1 Å². The molecule has 0 fully saturated rings. The lowest BCUT2D eigenvalue weighted by atomic mass is 10.3. The average Bonchev–Trinajstić information content (AvgIpc) is 2.20. The van der Waals surface area contributed by atoms with Crippen LogP contribution in [0, 0.1) is 0 Å². The third-order valence-electron chi connectivity index (χ3n) is 1.95. The molecule has 0 atom stereocenters. The molecule has 0 bridgehead atoms. The van der Waals surface area contributed by atoms with Crippen molar-refractivity contribution in [1.29, 1.82) is 0 Å². The van der Waals surface area contributed by atoms with E-state index in [0.717, 1.165) is 0 Å². The fourth-order valence-electron chi connectivity index (χ4n) is 1.13. The molecule has 14 heavy (non-hydrogen) atoms. The van der Waals surface area contributed by atoms with Crippen molar-refractivity contribution in [3.05, 3.63) is 17.8 Å². The summed E-state index contributed by atoms with van der Waals surface area (Å²) in [6.07, 6.45) is 0. The molecular formula is C9H14N4O. The van der Waals surface area contributed by atoms with Gasteiger partial charge in [-0.05, 0) is 26.0 Å². The second-order valence-corrected chi connectivity index (χ2v) is 2.82. The highest BCUT2D eigenvalue weighted by Crippen LogP contribution is 2.02. The fourth-order valence-corrected chi connectivity index (χ4v) is 1.13. The lowest BCUT2D eigenvalue weighted by Crippen LogP contribution is -2.31. The Hall–Kier alpha value is -1.65. The van der Waals surface area contributed by atoms with E-state index in [4.69, 9.17) is 5.73 Å². The Kier molecular flexibility index (Phi) is 3.39. The summed E-state index contributed by atoms with van der Waals surface area (Å²) in [7, 11) is 0. The van der Waals surface area contributed by atoms with Crippen LogP contribution in [0.3, 0.4) is 0 Å². The largest absolute Gasteiger partial charge is 0.382 e. The van der Waals surface area contributed by atoms with Crippen LogP contribution in [0.15, 0.2) is 12.1 Å². The van der Waals surface area contributed by atoms with Crippen LogP contribution >= 0.6 is 0 Å². The normalized spacial score (nSPS) is 9.86. The van der Waals surface area contributed by atoms with Crippen molar-refractivity contribution in [1.82, 2.24) is 15.1 Å². The van der Waals surface area contributed by atoms with Crippen LogP contribution in [0.4, 0.5) is 5.82 Å². The molecule has 1 heterocycles. The van der Waals surface area contributed by atoms with E-state index in [1.165, 1.54) is 0 Å². The van der Waals surface area contributed by atoms with Crippen molar-refractivity contribution in [3.8, 4) is 0 Å². The lowest BCUT2D eigenvalue weighted by molar-refractivity contribution is 0.0766. The van der Waals surface area contributed by atoms with Crippen LogP contribution in [0.25, 0.3) is 0 Å². The molecule has 1 aromatic heterocycles. The van der Waals surface area contributed by atoms with E-state index in [1.54, 1.807) is 17.0 Å². The first-order valence-electron chi connectivity index (χ1n) is 4.57. The second kappa shape index (κ2) is 4.55. The SMILES string of the molecule is CCN(CC)C(=O)c1ccc(N)nn1. The maximum Gasteiger partial charge on any atom is 0.274 e. The van der Waals surface area contributed by atoms with Crippen molar-refractivity contribution in [3.63, 3.8) is 0 Å². The number of anilines is 1. The van der Waals surface area contributed by atoms with Gasteiger partial charge in [0.1, 0.15) is 5.82 Å². The number of aromatic nitrogens is 2. The van der Waals surface area contributed by atoms with Crippen LogP contribution in [0.2, 0.25) is 0 Å². The minimum Gasteiger partial charge on any atom is -0.382 e. The van der Waals surface area contributed by atoms with Crippen molar-refractivity contribution in [2.45, 2.75) is 13.8 Å². The number of hydrogen-bond donors (Lipinski definition) is 1. The minimum absolute atomic E-state index is 0.109. The summed E-state index contributed by atoms with van der Waals surface area (Å²) in [5, 5.41) is 7.36. The van der Waals surface area contributed by atoms with E-state index in [9.17, 15) is 4.79 Å². The summed E-state index contributed by atoms with van der Waals surface area (Å²) in [4.78, 5) is 13.4. The summed E-state index contributed by atoms with van der Waals surface area (Å²) >= 11 is 0. The second-order valence-electron chi connectivity index (χ2n) is 2.82. The van der Waals surface area contributed by atoms with Crippen molar-refractivity contribution in [2.75, 3.05) is 18.8 Å². The predicted octanol–water partition coefficient (Wildman–Crippen LogP) is 0.541. The zero-order valence-corrected chi connectivity index (χ0v) is 8.40. The molecule has 0 spiro atoms. The molecule has 5 nitrogen and oxygen atoms in total. The molecule has 5 heteroatoms. The number of carbonyl (C=O) groups excluding carboxylic acids is 1. The van der Waals surface area contributed by atoms with Crippen LogP contribution in [0.5, 0.6) is 0 Å². The Morgan fingerprint density at radius 3 is 2.43 bits per heavy atom. The number of carbonyl (C=O) groups is 1. The lowest BCUT2D eigenvalue weighted by Gasteiger charge is -2.17.